The molecule has 2 heteroatoms. The molecule has 0 spiro atoms. The third-order valence-electron chi connectivity index (χ3n) is 4.50. The monoisotopic (exact) mass is 279 g/mol. The third kappa shape index (κ3) is 2.31. The van der Waals surface area contributed by atoms with Gasteiger partial charge in [0, 0.05) is 18.2 Å². The lowest BCUT2D eigenvalue weighted by molar-refractivity contribution is 0.475. The molecule has 2 nitrogen and oxygen atoms in total. The van der Waals surface area contributed by atoms with Crippen LogP contribution in [0.25, 0.3) is 6.08 Å². The van der Waals surface area contributed by atoms with Gasteiger partial charge in [0.15, 0.2) is 0 Å². The first-order valence-corrected chi connectivity index (χ1v) is 7.30. The van der Waals surface area contributed by atoms with Crippen LogP contribution in [-0.2, 0) is 5.41 Å². The van der Waals surface area contributed by atoms with Gasteiger partial charge in [-0.05, 0) is 29.3 Å². The number of phenolic OH excluding ortho intramolecular Hbond substituents is 1. The molecule has 0 aromatic heterocycles. The molecule has 0 fully saturated rings. The number of hydrogen-bond acceptors (Lipinski definition) is 2. The van der Waals surface area contributed by atoms with Gasteiger partial charge in [-0.3, -0.25) is 0 Å². The molecule has 0 radical (unpaired) electrons. The molecule has 1 heterocycles. The van der Waals surface area contributed by atoms with Crippen molar-refractivity contribution in [1.29, 1.82) is 0 Å². The quantitative estimate of drug-likeness (QED) is 0.890. The zero-order valence-corrected chi connectivity index (χ0v) is 12.7. The van der Waals surface area contributed by atoms with Crippen LogP contribution in [0.3, 0.4) is 0 Å². The number of likely N-dealkylation sites (N-methyl/N-ethyl adjacent to an activating group) is 1. The molecule has 0 saturated heterocycles. The highest BCUT2D eigenvalue weighted by atomic mass is 16.3. The number of nitrogens with zero attached hydrogens (tertiary/aromatic N) is 1. The minimum absolute atomic E-state index is 0.0821. The van der Waals surface area contributed by atoms with Gasteiger partial charge in [-0.15, -0.1) is 0 Å². The molecule has 0 amide bonds. The van der Waals surface area contributed by atoms with Crippen molar-refractivity contribution in [3.8, 4) is 5.75 Å². The number of rotatable bonds is 2. The molecule has 1 aliphatic heterocycles. The Labute approximate surface area is 126 Å². The molecule has 2 aromatic carbocycles. The summed E-state index contributed by atoms with van der Waals surface area (Å²) in [6.45, 7) is 4.59. The lowest BCUT2D eigenvalue weighted by atomic mass is 9.80. The van der Waals surface area contributed by atoms with Crippen LogP contribution in [0, 0.1) is 0 Å². The van der Waals surface area contributed by atoms with Crippen LogP contribution in [0.15, 0.2) is 54.6 Å². The molecule has 2 aromatic rings. The zero-order valence-electron chi connectivity index (χ0n) is 12.7. The minimum Gasteiger partial charge on any atom is -0.508 e. The van der Waals surface area contributed by atoms with Gasteiger partial charge in [0.25, 0.3) is 0 Å². The molecule has 1 aliphatic rings. The summed E-state index contributed by atoms with van der Waals surface area (Å²) in [5, 5.41) is 9.35. The van der Waals surface area contributed by atoms with E-state index in [1.54, 1.807) is 12.1 Å². The second-order valence-electron chi connectivity index (χ2n) is 6.25. The average Bonchev–Trinajstić information content (AvgIpc) is 2.67. The highest BCUT2D eigenvalue weighted by Gasteiger charge is 2.41. The molecule has 1 unspecified atom stereocenters. The van der Waals surface area contributed by atoms with Crippen LogP contribution in [-0.4, -0.2) is 18.2 Å². The fourth-order valence-electron chi connectivity index (χ4n) is 3.28. The molecule has 3 rings (SSSR count). The Morgan fingerprint density at radius 2 is 1.71 bits per heavy atom. The second kappa shape index (κ2) is 4.96. The van der Waals surface area contributed by atoms with Gasteiger partial charge in [-0.2, -0.15) is 0 Å². The van der Waals surface area contributed by atoms with E-state index >= 15 is 0 Å². The number of fused-ring (bicyclic) bond motifs is 1. The third-order valence-corrected chi connectivity index (χ3v) is 4.50. The van der Waals surface area contributed by atoms with Gasteiger partial charge in [0.1, 0.15) is 5.75 Å². The lowest BCUT2D eigenvalue weighted by Crippen LogP contribution is -2.37. The van der Waals surface area contributed by atoms with Crippen molar-refractivity contribution >= 4 is 11.8 Å². The maximum absolute atomic E-state index is 9.35. The number of para-hydroxylation sites is 1. The van der Waals surface area contributed by atoms with Crippen molar-refractivity contribution in [3.05, 3.63) is 65.7 Å². The Kier molecular flexibility index (Phi) is 3.25. The lowest BCUT2D eigenvalue weighted by Gasteiger charge is -2.29. The first-order valence-electron chi connectivity index (χ1n) is 7.30. The van der Waals surface area contributed by atoms with Crippen LogP contribution in [0.2, 0.25) is 0 Å². The van der Waals surface area contributed by atoms with E-state index in [9.17, 15) is 5.11 Å². The largest absolute Gasteiger partial charge is 0.508 e. The number of benzene rings is 2. The molecule has 0 aliphatic carbocycles. The Balaban J connectivity index is 1.91. The van der Waals surface area contributed by atoms with Gasteiger partial charge >= 0.3 is 0 Å². The predicted octanol–water partition coefficient (Wildman–Crippen LogP) is 4.20. The highest BCUT2D eigenvalue weighted by molar-refractivity contribution is 5.66. The number of hydrogen-bond donors (Lipinski definition) is 1. The van der Waals surface area contributed by atoms with Crippen LogP contribution < -0.4 is 4.90 Å². The summed E-state index contributed by atoms with van der Waals surface area (Å²) >= 11 is 0. The normalized spacial score (nSPS) is 20.0. The van der Waals surface area contributed by atoms with E-state index in [-0.39, 0.29) is 5.41 Å². The van der Waals surface area contributed by atoms with Gasteiger partial charge < -0.3 is 10.0 Å². The van der Waals surface area contributed by atoms with E-state index < -0.39 is 0 Å². The first-order chi connectivity index (χ1) is 10.00. The Morgan fingerprint density at radius 1 is 1.05 bits per heavy atom. The molecule has 108 valence electrons. The summed E-state index contributed by atoms with van der Waals surface area (Å²) in [5.41, 5.74) is 3.89. The average molecular weight is 279 g/mol. The van der Waals surface area contributed by atoms with Gasteiger partial charge in [0.05, 0.1) is 6.04 Å². The van der Waals surface area contributed by atoms with E-state index in [1.807, 2.05) is 12.1 Å². The summed E-state index contributed by atoms with van der Waals surface area (Å²) in [5.74, 6) is 0.304. The summed E-state index contributed by atoms with van der Waals surface area (Å²) in [6.07, 6.45) is 4.39. The zero-order chi connectivity index (χ0) is 15.0. The second-order valence-corrected chi connectivity index (χ2v) is 6.25. The van der Waals surface area contributed by atoms with Crippen molar-refractivity contribution in [2.24, 2.45) is 0 Å². The van der Waals surface area contributed by atoms with Crippen molar-refractivity contribution in [1.82, 2.24) is 0 Å². The van der Waals surface area contributed by atoms with E-state index in [2.05, 4.69) is 62.2 Å². The summed E-state index contributed by atoms with van der Waals surface area (Å²) in [6, 6.07) is 16.2. The summed E-state index contributed by atoms with van der Waals surface area (Å²) in [7, 11) is 2.15. The molecular weight excluding hydrogens is 258 g/mol. The number of anilines is 1. The topological polar surface area (TPSA) is 23.5 Å². The first kappa shape index (κ1) is 13.7. The number of phenols is 1. The van der Waals surface area contributed by atoms with Crippen LogP contribution in [0.4, 0.5) is 5.69 Å². The van der Waals surface area contributed by atoms with Crippen molar-refractivity contribution in [3.63, 3.8) is 0 Å². The Morgan fingerprint density at radius 3 is 2.38 bits per heavy atom. The van der Waals surface area contributed by atoms with Crippen molar-refractivity contribution < 1.29 is 5.11 Å². The van der Waals surface area contributed by atoms with Crippen LogP contribution in [0.1, 0.15) is 25.0 Å². The van der Waals surface area contributed by atoms with Crippen LogP contribution in [0.5, 0.6) is 5.75 Å². The predicted molar refractivity (Wildman–Crippen MR) is 88.8 cm³/mol. The Hall–Kier alpha value is -2.22. The van der Waals surface area contributed by atoms with Crippen molar-refractivity contribution in [2.45, 2.75) is 25.3 Å². The summed E-state index contributed by atoms with van der Waals surface area (Å²) < 4.78 is 0. The Bertz CT molecular complexity index is 670. The molecule has 1 N–H and O–H groups in total. The number of aromatic hydroxyl groups is 1. The van der Waals surface area contributed by atoms with E-state index in [4.69, 9.17) is 0 Å². The fourth-order valence-corrected chi connectivity index (χ4v) is 3.28. The molecular formula is C19H21NO. The smallest absolute Gasteiger partial charge is 0.115 e. The van der Waals surface area contributed by atoms with Crippen LogP contribution >= 0.6 is 0 Å². The van der Waals surface area contributed by atoms with Crippen molar-refractivity contribution in [2.75, 3.05) is 11.9 Å². The minimum atomic E-state index is 0.0821. The summed E-state index contributed by atoms with van der Waals surface area (Å²) in [4.78, 5) is 2.34. The maximum atomic E-state index is 9.35. The maximum Gasteiger partial charge on any atom is 0.115 e. The molecule has 21 heavy (non-hydrogen) atoms. The molecule has 0 bridgehead atoms. The SMILES string of the molecule is CN1c2ccccc2C(C)(C)C1C=Cc1ccc(O)cc1. The highest BCUT2D eigenvalue weighted by Crippen LogP contribution is 2.44. The fraction of sp³-hybridized carbons (Fsp3) is 0.263. The standard InChI is InChI=1S/C19H21NO/c1-19(2)16-6-4-5-7-17(16)20(3)18(19)13-10-14-8-11-15(21)12-9-14/h4-13,18,21H,1-3H3. The molecule has 1 atom stereocenters. The van der Waals surface area contributed by atoms with Gasteiger partial charge in [-0.1, -0.05) is 56.3 Å². The van der Waals surface area contributed by atoms with Gasteiger partial charge in [0.2, 0.25) is 0 Å². The van der Waals surface area contributed by atoms with E-state index in [0.717, 1.165) is 5.56 Å². The van der Waals surface area contributed by atoms with E-state index in [1.165, 1.54) is 11.3 Å². The van der Waals surface area contributed by atoms with Gasteiger partial charge in [-0.25, -0.2) is 0 Å². The van der Waals surface area contributed by atoms with E-state index in [0.29, 0.717) is 11.8 Å². The molecule has 0 saturated carbocycles.